The number of methoxy groups -OCH3 is 1. The first-order valence-electron chi connectivity index (χ1n) is 10.3. The number of urea groups is 1. The highest BCUT2D eigenvalue weighted by Crippen LogP contribution is 2.13. The van der Waals surface area contributed by atoms with Gasteiger partial charge in [0.1, 0.15) is 5.75 Å². The molecule has 2 aliphatic heterocycles. The SMILES string of the molecule is COc1cccc(CCNC(=O)N2CCN(CC(=O)N3CCCCC3)CC2)c1. The van der Waals surface area contributed by atoms with E-state index in [0.717, 1.165) is 56.8 Å². The summed E-state index contributed by atoms with van der Waals surface area (Å²) in [7, 11) is 1.65. The lowest BCUT2D eigenvalue weighted by molar-refractivity contribution is -0.133. The number of amides is 3. The number of nitrogens with one attached hydrogen (secondary N) is 1. The van der Waals surface area contributed by atoms with Crippen LogP contribution in [0.4, 0.5) is 4.79 Å². The molecule has 0 unspecified atom stereocenters. The van der Waals surface area contributed by atoms with Crippen molar-refractivity contribution in [1.29, 1.82) is 0 Å². The third kappa shape index (κ3) is 5.86. The fourth-order valence-corrected chi connectivity index (χ4v) is 3.80. The largest absolute Gasteiger partial charge is 0.497 e. The minimum Gasteiger partial charge on any atom is -0.497 e. The molecule has 3 amide bonds. The number of nitrogens with zero attached hydrogens (tertiary/aromatic N) is 3. The Kier molecular flexibility index (Phi) is 7.54. The maximum atomic E-state index is 12.4. The van der Waals surface area contributed by atoms with Gasteiger partial charge in [0.2, 0.25) is 5.91 Å². The summed E-state index contributed by atoms with van der Waals surface area (Å²) in [5, 5.41) is 3.00. The lowest BCUT2D eigenvalue weighted by atomic mass is 10.1. The number of likely N-dealkylation sites (tertiary alicyclic amines) is 1. The van der Waals surface area contributed by atoms with Gasteiger partial charge in [-0.15, -0.1) is 0 Å². The van der Waals surface area contributed by atoms with Gasteiger partial charge in [-0.1, -0.05) is 12.1 Å². The Hall–Kier alpha value is -2.28. The van der Waals surface area contributed by atoms with Gasteiger partial charge in [0, 0.05) is 45.8 Å². The molecule has 1 aromatic carbocycles. The average molecular weight is 389 g/mol. The van der Waals surface area contributed by atoms with Gasteiger partial charge in [-0.25, -0.2) is 4.79 Å². The van der Waals surface area contributed by atoms with Crippen LogP contribution in [-0.4, -0.2) is 86.1 Å². The number of carbonyl (C=O) groups excluding carboxylic acids is 2. The summed E-state index contributed by atoms with van der Waals surface area (Å²) in [6.07, 6.45) is 4.24. The summed E-state index contributed by atoms with van der Waals surface area (Å²) >= 11 is 0. The van der Waals surface area contributed by atoms with Crippen molar-refractivity contribution in [2.45, 2.75) is 25.7 Å². The van der Waals surface area contributed by atoms with E-state index in [1.807, 2.05) is 34.1 Å². The zero-order valence-electron chi connectivity index (χ0n) is 16.9. The molecule has 154 valence electrons. The van der Waals surface area contributed by atoms with Crippen LogP contribution >= 0.6 is 0 Å². The standard InChI is InChI=1S/C21H32N4O3/c1-28-19-7-5-6-18(16-19)8-9-22-21(27)25-14-12-23(13-15-25)17-20(26)24-10-3-2-4-11-24/h5-7,16H,2-4,8-15,17H2,1H3,(H,22,27). The molecule has 0 aromatic heterocycles. The molecule has 7 heteroatoms. The summed E-state index contributed by atoms with van der Waals surface area (Å²) in [5.74, 6) is 1.06. The zero-order valence-corrected chi connectivity index (χ0v) is 16.9. The summed E-state index contributed by atoms with van der Waals surface area (Å²) in [6, 6.07) is 7.87. The molecule has 0 atom stereocenters. The third-order valence-electron chi connectivity index (χ3n) is 5.55. The number of piperidine rings is 1. The van der Waals surface area contributed by atoms with E-state index in [1.165, 1.54) is 6.42 Å². The fraction of sp³-hybridized carbons (Fsp3) is 0.619. The molecule has 7 nitrogen and oxygen atoms in total. The van der Waals surface area contributed by atoms with Gasteiger partial charge in [0.15, 0.2) is 0 Å². The minimum atomic E-state index is -0.0232. The van der Waals surface area contributed by atoms with Crippen molar-refractivity contribution in [2.75, 3.05) is 59.5 Å². The number of piperazine rings is 1. The van der Waals surface area contributed by atoms with E-state index >= 15 is 0 Å². The Morgan fingerprint density at radius 3 is 2.46 bits per heavy atom. The maximum absolute atomic E-state index is 12.4. The molecule has 2 heterocycles. The van der Waals surface area contributed by atoms with Crippen molar-refractivity contribution in [2.24, 2.45) is 0 Å². The van der Waals surface area contributed by atoms with Gasteiger partial charge >= 0.3 is 6.03 Å². The van der Waals surface area contributed by atoms with Gasteiger partial charge in [-0.3, -0.25) is 9.69 Å². The highest BCUT2D eigenvalue weighted by atomic mass is 16.5. The van der Waals surface area contributed by atoms with Gasteiger partial charge in [-0.2, -0.15) is 0 Å². The Bertz CT molecular complexity index is 653. The van der Waals surface area contributed by atoms with Crippen molar-refractivity contribution in [3.8, 4) is 5.75 Å². The van der Waals surface area contributed by atoms with Crippen molar-refractivity contribution in [3.05, 3.63) is 29.8 Å². The summed E-state index contributed by atoms with van der Waals surface area (Å²) in [6.45, 7) is 5.70. The van der Waals surface area contributed by atoms with Crippen LogP contribution in [0.3, 0.4) is 0 Å². The van der Waals surface area contributed by atoms with Crippen molar-refractivity contribution >= 4 is 11.9 Å². The maximum Gasteiger partial charge on any atom is 0.317 e. The predicted molar refractivity (Wildman–Crippen MR) is 109 cm³/mol. The zero-order chi connectivity index (χ0) is 19.8. The first kappa shape index (κ1) is 20.5. The van der Waals surface area contributed by atoms with Crippen LogP contribution in [0.2, 0.25) is 0 Å². The molecular weight excluding hydrogens is 356 g/mol. The number of benzene rings is 1. The van der Waals surface area contributed by atoms with Gasteiger partial charge < -0.3 is 19.9 Å². The molecule has 0 spiro atoms. The van der Waals surface area contributed by atoms with E-state index in [-0.39, 0.29) is 11.9 Å². The second-order valence-corrected chi connectivity index (χ2v) is 7.54. The van der Waals surface area contributed by atoms with Gasteiger partial charge in [-0.05, 0) is 43.4 Å². The van der Waals surface area contributed by atoms with Crippen molar-refractivity contribution in [1.82, 2.24) is 20.0 Å². The molecule has 0 bridgehead atoms. The second kappa shape index (κ2) is 10.3. The monoisotopic (exact) mass is 388 g/mol. The van der Waals surface area contributed by atoms with E-state index in [0.29, 0.717) is 26.2 Å². The number of hydrogen-bond donors (Lipinski definition) is 1. The normalized spacial score (nSPS) is 18.0. The van der Waals surface area contributed by atoms with E-state index in [1.54, 1.807) is 7.11 Å². The summed E-state index contributed by atoms with van der Waals surface area (Å²) in [4.78, 5) is 30.8. The Balaban J connectivity index is 1.34. The summed E-state index contributed by atoms with van der Waals surface area (Å²) < 4.78 is 5.23. The Morgan fingerprint density at radius 1 is 1.00 bits per heavy atom. The molecular formula is C21H32N4O3. The second-order valence-electron chi connectivity index (χ2n) is 7.54. The van der Waals surface area contributed by atoms with Gasteiger partial charge in [0.25, 0.3) is 0 Å². The Morgan fingerprint density at radius 2 is 1.75 bits per heavy atom. The quantitative estimate of drug-likeness (QED) is 0.804. The van der Waals surface area contributed by atoms with Crippen LogP contribution in [0, 0.1) is 0 Å². The molecule has 2 aliphatic rings. The molecule has 2 saturated heterocycles. The van der Waals surface area contributed by atoms with E-state index in [9.17, 15) is 9.59 Å². The molecule has 0 radical (unpaired) electrons. The summed E-state index contributed by atoms with van der Waals surface area (Å²) in [5.41, 5.74) is 1.14. The van der Waals surface area contributed by atoms with Crippen molar-refractivity contribution in [3.63, 3.8) is 0 Å². The first-order chi connectivity index (χ1) is 13.7. The van der Waals surface area contributed by atoms with Crippen LogP contribution in [0.25, 0.3) is 0 Å². The fourth-order valence-electron chi connectivity index (χ4n) is 3.80. The van der Waals surface area contributed by atoms with Crippen LogP contribution in [-0.2, 0) is 11.2 Å². The molecule has 1 N–H and O–H groups in total. The molecule has 2 fully saturated rings. The molecule has 0 saturated carbocycles. The van der Waals surface area contributed by atoms with Crippen LogP contribution in [0.5, 0.6) is 5.75 Å². The van der Waals surface area contributed by atoms with E-state index in [4.69, 9.17) is 4.74 Å². The lowest BCUT2D eigenvalue weighted by Crippen LogP contribution is -2.54. The topological polar surface area (TPSA) is 65.1 Å². The van der Waals surface area contributed by atoms with Crippen LogP contribution in [0.1, 0.15) is 24.8 Å². The number of ether oxygens (including phenoxy) is 1. The first-order valence-corrected chi connectivity index (χ1v) is 10.3. The third-order valence-corrected chi connectivity index (χ3v) is 5.55. The molecule has 0 aliphatic carbocycles. The molecule has 3 rings (SSSR count). The minimum absolute atomic E-state index is 0.0232. The number of carbonyl (C=O) groups is 2. The average Bonchev–Trinajstić information content (AvgIpc) is 2.75. The molecule has 28 heavy (non-hydrogen) atoms. The predicted octanol–water partition coefficient (Wildman–Crippen LogP) is 1.58. The van der Waals surface area contributed by atoms with Crippen LogP contribution in [0.15, 0.2) is 24.3 Å². The van der Waals surface area contributed by atoms with Crippen molar-refractivity contribution < 1.29 is 14.3 Å². The molecule has 1 aromatic rings. The number of rotatable bonds is 6. The number of hydrogen-bond acceptors (Lipinski definition) is 4. The van der Waals surface area contributed by atoms with E-state index < -0.39 is 0 Å². The lowest BCUT2D eigenvalue weighted by Gasteiger charge is -2.36. The highest BCUT2D eigenvalue weighted by Gasteiger charge is 2.24. The van der Waals surface area contributed by atoms with Crippen LogP contribution < -0.4 is 10.1 Å². The Labute approximate surface area is 167 Å². The van der Waals surface area contributed by atoms with E-state index in [2.05, 4.69) is 10.2 Å². The van der Waals surface area contributed by atoms with Gasteiger partial charge in [0.05, 0.1) is 13.7 Å². The smallest absolute Gasteiger partial charge is 0.317 e. The highest BCUT2D eigenvalue weighted by molar-refractivity contribution is 5.78.